The maximum atomic E-state index is 10.7. The minimum atomic E-state index is -0.281. The summed E-state index contributed by atoms with van der Waals surface area (Å²) in [6.45, 7) is 1.95. The lowest BCUT2D eigenvalue weighted by molar-refractivity contribution is -0.118. The third-order valence-electron chi connectivity index (χ3n) is 2.02. The van der Waals surface area contributed by atoms with E-state index in [1.54, 1.807) is 11.8 Å². The highest BCUT2D eigenvalue weighted by Gasteiger charge is 2.07. The summed E-state index contributed by atoms with van der Waals surface area (Å²) in [5.74, 6) is -0.281. The zero-order valence-electron chi connectivity index (χ0n) is 8.99. The summed E-state index contributed by atoms with van der Waals surface area (Å²) in [5, 5.41) is 3.27. The van der Waals surface area contributed by atoms with Crippen LogP contribution in [0.5, 0.6) is 0 Å². The van der Waals surface area contributed by atoms with E-state index in [9.17, 15) is 4.79 Å². The molecule has 0 aromatic heterocycles. The Kier molecular flexibility index (Phi) is 4.49. The molecular formula is C11H16N2OS. The molecule has 0 heterocycles. The Morgan fingerprint density at radius 1 is 1.53 bits per heavy atom. The molecule has 1 amide bonds. The molecule has 0 radical (unpaired) electrons. The first-order chi connectivity index (χ1) is 7.13. The second-order valence-electron chi connectivity index (χ2n) is 3.42. The molecule has 0 spiro atoms. The Bertz CT molecular complexity index is 341. The van der Waals surface area contributed by atoms with Crippen LogP contribution in [-0.2, 0) is 4.79 Å². The predicted octanol–water partition coefficient (Wildman–Crippen LogP) is 2.08. The summed E-state index contributed by atoms with van der Waals surface area (Å²) >= 11 is 1.68. The number of primary amides is 1. The van der Waals surface area contributed by atoms with Crippen molar-refractivity contribution in [3.8, 4) is 0 Å². The molecule has 15 heavy (non-hydrogen) atoms. The van der Waals surface area contributed by atoms with Crippen LogP contribution in [0.15, 0.2) is 29.2 Å². The number of nitrogens with one attached hydrogen (secondary N) is 1. The van der Waals surface area contributed by atoms with E-state index in [1.165, 1.54) is 4.90 Å². The first-order valence-electron chi connectivity index (χ1n) is 4.81. The van der Waals surface area contributed by atoms with Gasteiger partial charge in [0.1, 0.15) is 0 Å². The van der Waals surface area contributed by atoms with E-state index in [-0.39, 0.29) is 11.9 Å². The smallest absolute Gasteiger partial charge is 0.219 e. The Hall–Kier alpha value is -1.16. The molecule has 82 valence electrons. The molecular weight excluding hydrogens is 208 g/mol. The highest BCUT2D eigenvalue weighted by Crippen LogP contribution is 2.25. The Morgan fingerprint density at radius 3 is 2.80 bits per heavy atom. The number of hydrogen-bond acceptors (Lipinski definition) is 3. The van der Waals surface area contributed by atoms with Crippen LogP contribution in [0.2, 0.25) is 0 Å². The van der Waals surface area contributed by atoms with Crippen LogP contribution < -0.4 is 11.1 Å². The van der Waals surface area contributed by atoms with Crippen LogP contribution in [0.1, 0.15) is 13.3 Å². The lowest BCUT2D eigenvalue weighted by atomic mass is 10.2. The first kappa shape index (κ1) is 11.9. The number of anilines is 1. The van der Waals surface area contributed by atoms with E-state index < -0.39 is 0 Å². The summed E-state index contributed by atoms with van der Waals surface area (Å²) in [6, 6.07) is 8.08. The quantitative estimate of drug-likeness (QED) is 0.753. The number of amides is 1. The zero-order chi connectivity index (χ0) is 11.3. The fraction of sp³-hybridized carbons (Fsp3) is 0.364. The third kappa shape index (κ3) is 3.83. The van der Waals surface area contributed by atoms with Gasteiger partial charge in [0.05, 0.1) is 0 Å². The molecule has 0 bridgehead atoms. The van der Waals surface area contributed by atoms with Gasteiger partial charge in [0, 0.05) is 23.0 Å². The predicted molar refractivity (Wildman–Crippen MR) is 65.1 cm³/mol. The van der Waals surface area contributed by atoms with Crippen molar-refractivity contribution in [2.45, 2.75) is 24.3 Å². The normalized spacial score (nSPS) is 12.1. The monoisotopic (exact) mass is 224 g/mol. The van der Waals surface area contributed by atoms with Crippen molar-refractivity contribution in [1.29, 1.82) is 0 Å². The van der Waals surface area contributed by atoms with E-state index >= 15 is 0 Å². The molecule has 0 aliphatic carbocycles. The van der Waals surface area contributed by atoms with Crippen LogP contribution in [-0.4, -0.2) is 18.2 Å². The molecule has 1 unspecified atom stereocenters. The van der Waals surface area contributed by atoms with E-state index in [1.807, 2.05) is 37.4 Å². The fourth-order valence-corrected chi connectivity index (χ4v) is 1.94. The summed E-state index contributed by atoms with van der Waals surface area (Å²) in [7, 11) is 0. The van der Waals surface area contributed by atoms with Gasteiger partial charge in [-0.05, 0) is 25.3 Å². The van der Waals surface area contributed by atoms with Crippen LogP contribution in [0.3, 0.4) is 0 Å². The Morgan fingerprint density at radius 2 is 2.20 bits per heavy atom. The van der Waals surface area contributed by atoms with Crippen molar-refractivity contribution < 1.29 is 4.79 Å². The van der Waals surface area contributed by atoms with Crippen LogP contribution >= 0.6 is 11.8 Å². The van der Waals surface area contributed by atoms with E-state index in [4.69, 9.17) is 5.73 Å². The highest BCUT2D eigenvalue weighted by atomic mass is 32.2. The summed E-state index contributed by atoms with van der Waals surface area (Å²) < 4.78 is 0. The molecule has 3 nitrogen and oxygen atoms in total. The van der Waals surface area contributed by atoms with Gasteiger partial charge in [-0.1, -0.05) is 12.1 Å². The number of thioether (sulfide) groups is 1. The number of nitrogens with two attached hydrogens (primary N) is 1. The number of benzene rings is 1. The van der Waals surface area contributed by atoms with Crippen molar-refractivity contribution >= 4 is 23.4 Å². The molecule has 0 saturated carbocycles. The maximum absolute atomic E-state index is 10.7. The molecule has 1 aromatic carbocycles. The lowest BCUT2D eigenvalue weighted by Crippen LogP contribution is -2.24. The van der Waals surface area contributed by atoms with Crippen molar-refractivity contribution in [2.75, 3.05) is 11.6 Å². The second-order valence-corrected chi connectivity index (χ2v) is 4.26. The molecule has 1 atom stereocenters. The molecule has 0 saturated heterocycles. The zero-order valence-corrected chi connectivity index (χ0v) is 9.80. The number of rotatable bonds is 5. The second kappa shape index (κ2) is 5.66. The van der Waals surface area contributed by atoms with E-state index in [0.29, 0.717) is 6.42 Å². The van der Waals surface area contributed by atoms with Gasteiger partial charge in [0.25, 0.3) is 0 Å². The van der Waals surface area contributed by atoms with Gasteiger partial charge in [-0.3, -0.25) is 4.79 Å². The number of hydrogen-bond donors (Lipinski definition) is 2. The molecule has 3 N–H and O–H groups in total. The minimum absolute atomic E-state index is 0.0656. The molecule has 1 rings (SSSR count). The van der Waals surface area contributed by atoms with Gasteiger partial charge < -0.3 is 11.1 Å². The average molecular weight is 224 g/mol. The van der Waals surface area contributed by atoms with Crippen LogP contribution in [0.25, 0.3) is 0 Å². The van der Waals surface area contributed by atoms with Gasteiger partial charge in [0.15, 0.2) is 0 Å². The molecule has 0 fully saturated rings. The number of para-hydroxylation sites is 1. The largest absolute Gasteiger partial charge is 0.381 e. The number of carbonyl (C=O) groups is 1. The van der Waals surface area contributed by atoms with Gasteiger partial charge >= 0.3 is 0 Å². The molecule has 0 aliphatic rings. The SMILES string of the molecule is CSc1ccccc1NC(C)CC(N)=O. The van der Waals surface area contributed by atoms with Crippen molar-refractivity contribution in [1.82, 2.24) is 0 Å². The highest BCUT2D eigenvalue weighted by molar-refractivity contribution is 7.98. The van der Waals surface area contributed by atoms with Crippen LogP contribution in [0, 0.1) is 0 Å². The van der Waals surface area contributed by atoms with E-state index in [0.717, 1.165) is 5.69 Å². The topological polar surface area (TPSA) is 55.1 Å². The van der Waals surface area contributed by atoms with Gasteiger partial charge in [0.2, 0.25) is 5.91 Å². The lowest BCUT2D eigenvalue weighted by Gasteiger charge is -2.15. The summed E-state index contributed by atoms with van der Waals surface area (Å²) in [4.78, 5) is 11.9. The average Bonchev–Trinajstić information content (AvgIpc) is 2.17. The molecule has 4 heteroatoms. The number of carbonyl (C=O) groups excluding carboxylic acids is 1. The standard InChI is InChI=1S/C11H16N2OS/c1-8(7-11(12)14)13-9-5-3-4-6-10(9)15-2/h3-6,8,13H,7H2,1-2H3,(H2,12,14). The van der Waals surface area contributed by atoms with E-state index in [2.05, 4.69) is 5.32 Å². The summed E-state index contributed by atoms with van der Waals surface area (Å²) in [6.07, 6.45) is 2.38. The van der Waals surface area contributed by atoms with Gasteiger partial charge in [-0.15, -0.1) is 11.8 Å². The van der Waals surface area contributed by atoms with Gasteiger partial charge in [-0.25, -0.2) is 0 Å². The Labute approximate surface area is 94.4 Å². The third-order valence-corrected chi connectivity index (χ3v) is 2.81. The van der Waals surface area contributed by atoms with Crippen molar-refractivity contribution in [3.05, 3.63) is 24.3 Å². The van der Waals surface area contributed by atoms with Gasteiger partial charge in [-0.2, -0.15) is 0 Å². The maximum Gasteiger partial charge on any atom is 0.219 e. The van der Waals surface area contributed by atoms with Crippen LogP contribution in [0.4, 0.5) is 5.69 Å². The van der Waals surface area contributed by atoms with Crippen molar-refractivity contribution in [3.63, 3.8) is 0 Å². The molecule has 1 aromatic rings. The van der Waals surface area contributed by atoms with Crippen molar-refractivity contribution in [2.24, 2.45) is 5.73 Å². The Balaban J connectivity index is 2.67. The fourth-order valence-electron chi connectivity index (χ4n) is 1.38. The summed E-state index contributed by atoms with van der Waals surface area (Å²) in [5.41, 5.74) is 6.19. The first-order valence-corrected chi connectivity index (χ1v) is 6.04. The minimum Gasteiger partial charge on any atom is -0.381 e. The molecule has 0 aliphatic heterocycles.